The Labute approximate surface area is 121 Å². The van der Waals surface area contributed by atoms with Gasteiger partial charge in [-0.25, -0.2) is 0 Å². The zero-order valence-corrected chi connectivity index (χ0v) is 12.8. The van der Waals surface area contributed by atoms with E-state index in [1.54, 1.807) is 12.1 Å². The van der Waals surface area contributed by atoms with Gasteiger partial charge < -0.3 is 5.11 Å². The van der Waals surface area contributed by atoms with Crippen molar-refractivity contribution >= 4 is 33.5 Å². The predicted octanol–water partition coefficient (Wildman–Crippen LogP) is 3.96. The predicted molar refractivity (Wildman–Crippen MR) is 77.1 cm³/mol. The third-order valence-electron chi connectivity index (χ3n) is 2.94. The van der Waals surface area contributed by atoms with Crippen LogP contribution in [0.1, 0.15) is 31.9 Å². The third kappa shape index (κ3) is 3.97. The second-order valence-electron chi connectivity index (χ2n) is 4.00. The molecule has 1 rings (SSSR count). The van der Waals surface area contributed by atoms with E-state index in [2.05, 4.69) is 20.8 Å². The number of carbonyl (C=O) groups is 1. The van der Waals surface area contributed by atoms with E-state index in [0.29, 0.717) is 5.02 Å². The van der Waals surface area contributed by atoms with E-state index in [1.165, 1.54) is 0 Å². The quantitative estimate of drug-likeness (QED) is 0.856. The lowest BCUT2D eigenvalue weighted by Gasteiger charge is -2.29. The summed E-state index contributed by atoms with van der Waals surface area (Å²) in [4.78, 5) is 13.2. The van der Waals surface area contributed by atoms with Crippen LogP contribution in [0.4, 0.5) is 0 Å². The van der Waals surface area contributed by atoms with Crippen molar-refractivity contribution < 1.29 is 9.90 Å². The van der Waals surface area contributed by atoms with Gasteiger partial charge in [0, 0.05) is 15.5 Å². The van der Waals surface area contributed by atoms with Crippen LogP contribution < -0.4 is 0 Å². The van der Waals surface area contributed by atoms with Gasteiger partial charge in [-0.1, -0.05) is 47.4 Å². The Bertz CT molecular complexity index is 421. The first-order chi connectivity index (χ1) is 8.49. The van der Waals surface area contributed by atoms with E-state index >= 15 is 0 Å². The van der Waals surface area contributed by atoms with Crippen LogP contribution in [-0.2, 0) is 4.79 Å². The highest BCUT2D eigenvalue weighted by Gasteiger charge is 2.23. The number of aliphatic carboxylic acids is 1. The standard InChI is InChI=1S/C13H17BrClNO2/c1-3-16(4-2)12(8-13(17)18)10-6-5-9(15)7-11(10)14/h5-7,12H,3-4,8H2,1-2H3,(H,17,18). The van der Waals surface area contributed by atoms with Crippen LogP contribution in [0.25, 0.3) is 0 Å². The fraction of sp³-hybridized carbons (Fsp3) is 0.462. The molecule has 0 saturated carbocycles. The molecule has 3 nitrogen and oxygen atoms in total. The Morgan fingerprint density at radius 3 is 2.50 bits per heavy atom. The molecule has 0 spiro atoms. The summed E-state index contributed by atoms with van der Waals surface area (Å²) in [6.07, 6.45) is 0.0852. The van der Waals surface area contributed by atoms with Gasteiger partial charge >= 0.3 is 5.97 Å². The molecule has 0 aromatic heterocycles. The minimum absolute atomic E-state index is 0.0852. The summed E-state index contributed by atoms with van der Waals surface area (Å²) in [6, 6.07) is 5.34. The second-order valence-corrected chi connectivity index (χ2v) is 5.29. The van der Waals surface area contributed by atoms with Crippen LogP contribution in [0.15, 0.2) is 22.7 Å². The van der Waals surface area contributed by atoms with Crippen LogP contribution in [0.5, 0.6) is 0 Å². The molecule has 0 radical (unpaired) electrons. The lowest BCUT2D eigenvalue weighted by Crippen LogP contribution is -2.30. The van der Waals surface area contributed by atoms with Crippen molar-refractivity contribution in [2.75, 3.05) is 13.1 Å². The molecule has 0 amide bonds. The normalized spacial score (nSPS) is 12.7. The Hall–Kier alpha value is -0.580. The van der Waals surface area contributed by atoms with Gasteiger partial charge in [-0.05, 0) is 30.8 Å². The van der Waals surface area contributed by atoms with Crippen LogP contribution in [0.2, 0.25) is 5.02 Å². The van der Waals surface area contributed by atoms with Gasteiger partial charge in [0.05, 0.1) is 6.42 Å². The molecular weight excluding hydrogens is 318 g/mol. The highest BCUT2D eigenvalue weighted by molar-refractivity contribution is 9.10. The topological polar surface area (TPSA) is 40.5 Å². The SMILES string of the molecule is CCN(CC)C(CC(=O)O)c1ccc(Cl)cc1Br. The first kappa shape index (κ1) is 15.5. The number of nitrogens with zero attached hydrogens (tertiary/aromatic N) is 1. The largest absolute Gasteiger partial charge is 0.481 e. The zero-order chi connectivity index (χ0) is 13.7. The number of carboxylic acids is 1. The minimum atomic E-state index is -0.797. The van der Waals surface area contributed by atoms with E-state index < -0.39 is 5.97 Å². The molecule has 0 aliphatic carbocycles. The molecule has 1 atom stereocenters. The summed E-state index contributed by atoms with van der Waals surface area (Å²) in [5.74, 6) is -0.797. The van der Waals surface area contributed by atoms with Crippen molar-refractivity contribution in [3.05, 3.63) is 33.3 Å². The molecule has 1 aromatic rings. The molecule has 0 saturated heterocycles. The molecule has 0 fully saturated rings. The Morgan fingerprint density at radius 1 is 1.44 bits per heavy atom. The lowest BCUT2D eigenvalue weighted by atomic mass is 10.0. The van der Waals surface area contributed by atoms with Crippen molar-refractivity contribution in [2.45, 2.75) is 26.3 Å². The average molecular weight is 335 g/mol. The van der Waals surface area contributed by atoms with Gasteiger partial charge in [0.1, 0.15) is 0 Å². The Morgan fingerprint density at radius 2 is 2.06 bits per heavy atom. The van der Waals surface area contributed by atoms with Crippen molar-refractivity contribution in [3.8, 4) is 0 Å². The highest BCUT2D eigenvalue weighted by Crippen LogP contribution is 2.32. The molecule has 0 bridgehead atoms. The number of hydrogen-bond acceptors (Lipinski definition) is 2. The molecule has 1 N–H and O–H groups in total. The molecule has 5 heteroatoms. The smallest absolute Gasteiger partial charge is 0.305 e. The van der Waals surface area contributed by atoms with Crippen molar-refractivity contribution in [3.63, 3.8) is 0 Å². The van der Waals surface area contributed by atoms with E-state index in [0.717, 1.165) is 23.1 Å². The van der Waals surface area contributed by atoms with Gasteiger partial charge in [0.25, 0.3) is 0 Å². The van der Waals surface area contributed by atoms with Gasteiger partial charge in [-0.2, -0.15) is 0 Å². The molecule has 0 aliphatic heterocycles. The fourth-order valence-electron chi connectivity index (χ4n) is 2.04. The highest BCUT2D eigenvalue weighted by atomic mass is 79.9. The molecule has 0 heterocycles. The Kier molecular flexibility index (Phi) is 6.12. The monoisotopic (exact) mass is 333 g/mol. The van der Waals surface area contributed by atoms with Crippen LogP contribution in [0, 0.1) is 0 Å². The van der Waals surface area contributed by atoms with Gasteiger partial charge in [0.2, 0.25) is 0 Å². The number of halogens is 2. The van der Waals surface area contributed by atoms with Crippen molar-refractivity contribution in [1.29, 1.82) is 0 Å². The van der Waals surface area contributed by atoms with E-state index in [4.69, 9.17) is 16.7 Å². The molecule has 100 valence electrons. The maximum Gasteiger partial charge on any atom is 0.305 e. The van der Waals surface area contributed by atoms with Crippen LogP contribution in [-0.4, -0.2) is 29.1 Å². The minimum Gasteiger partial charge on any atom is -0.481 e. The summed E-state index contributed by atoms with van der Waals surface area (Å²) in [6.45, 7) is 5.68. The van der Waals surface area contributed by atoms with E-state index in [1.807, 2.05) is 19.9 Å². The van der Waals surface area contributed by atoms with Gasteiger partial charge in [-0.15, -0.1) is 0 Å². The fourth-order valence-corrected chi connectivity index (χ4v) is 2.98. The number of carboxylic acid groups (broad SMARTS) is 1. The lowest BCUT2D eigenvalue weighted by molar-refractivity contribution is -0.138. The van der Waals surface area contributed by atoms with Gasteiger partial charge in [0.15, 0.2) is 0 Å². The summed E-state index contributed by atoms with van der Waals surface area (Å²) in [5.41, 5.74) is 0.963. The molecule has 18 heavy (non-hydrogen) atoms. The summed E-state index contributed by atoms with van der Waals surface area (Å²) < 4.78 is 0.855. The Balaban J connectivity index is 3.11. The zero-order valence-electron chi connectivity index (χ0n) is 10.5. The first-order valence-corrected chi connectivity index (χ1v) is 7.07. The molecule has 1 aromatic carbocycles. The first-order valence-electron chi connectivity index (χ1n) is 5.90. The molecule has 1 unspecified atom stereocenters. The number of hydrogen-bond donors (Lipinski definition) is 1. The van der Waals surface area contributed by atoms with E-state index in [9.17, 15) is 4.79 Å². The average Bonchev–Trinajstić information content (AvgIpc) is 2.29. The van der Waals surface area contributed by atoms with Crippen molar-refractivity contribution in [2.24, 2.45) is 0 Å². The van der Waals surface area contributed by atoms with Gasteiger partial charge in [-0.3, -0.25) is 9.69 Å². The summed E-state index contributed by atoms with van der Waals surface area (Å²) in [7, 11) is 0. The van der Waals surface area contributed by atoms with Crippen LogP contribution >= 0.6 is 27.5 Å². The summed E-state index contributed by atoms with van der Waals surface area (Å²) in [5, 5.41) is 9.70. The second kappa shape index (κ2) is 7.12. The number of rotatable bonds is 6. The maximum absolute atomic E-state index is 11.0. The maximum atomic E-state index is 11.0. The molecule has 0 aliphatic rings. The number of benzene rings is 1. The molecular formula is C13H17BrClNO2. The van der Waals surface area contributed by atoms with E-state index in [-0.39, 0.29) is 12.5 Å². The summed E-state index contributed by atoms with van der Waals surface area (Å²) >= 11 is 9.38. The third-order valence-corrected chi connectivity index (χ3v) is 3.86. The van der Waals surface area contributed by atoms with Crippen LogP contribution in [0.3, 0.4) is 0 Å². The van der Waals surface area contributed by atoms with Crippen molar-refractivity contribution in [1.82, 2.24) is 4.90 Å².